The summed E-state index contributed by atoms with van der Waals surface area (Å²) in [5, 5.41) is 1.09. The van der Waals surface area contributed by atoms with Crippen LogP contribution < -0.4 is 11.3 Å². The van der Waals surface area contributed by atoms with Gasteiger partial charge in [-0.1, -0.05) is 25.6 Å². The Bertz CT molecular complexity index is 499. The molecule has 0 aliphatic carbocycles. The number of thioether (sulfide) groups is 1. The molecule has 3 N–H and O–H groups in total. The van der Waals surface area contributed by atoms with Crippen LogP contribution in [0.5, 0.6) is 0 Å². The zero-order chi connectivity index (χ0) is 13.0. The fraction of sp³-hybridized carbons (Fsp3) is 0.400. The summed E-state index contributed by atoms with van der Waals surface area (Å²) >= 11 is 1.59. The number of nitrogens with two attached hydrogens (primary N) is 1. The number of hydrogen-bond acceptors (Lipinski definition) is 7. The van der Waals surface area contributed by atoms with Crippen LogP contribution in [0.3, 0.4) is 0 Å². The van der Waals surface area contributed by atoms with E-state index in [9.17, 15) is 0 Å². The van der Waals surface area contributed by atoms with Crippen LogP contribution in [0.1, 0.15) is 20.3 Å². The second kappa shape index (κ2) is 5.78. The van der Waals surface area contributed by atoms with Crippen LogP contribution in [-0.4, -0.2) is 29.8 Å². The number of nitrogen functional groups attached to an aromatic ring is 1. The average molecular weight is 265 g/mol. The van der Waals surface area contributed by atoms with Crippen molar-refractivity contribution in [2.75, 3.05) is 5.43 Å². The van der Waals surface area contributed by atoms with E-state index in [1.807, 2.05) is 0 Å². The molecule has 7 nitrogen and oxygen atoms in total. The zero-order valence-corrected chi connectivity index (χ0v) is 11.1. The topological polar surface area (TPSA) is 94.5 Å². The van der Waals surface area contributed by atoms with Gasteiger partial charge in [-0.15, -0.1) is 0 Å². The molecule has 0 radical (unpaired) electrons. The van der Waals surface area contributed by atoms with Crippen molar-refractivity contribution in [2.24, 2.45) is 5.84 Å². The lowest BCUT2D eigenvalue weighted by Gasteiger charge is -2.09. The van der Waals surface area contributed by atoms with Gasteiger partial charge < -0.3 is 0 Å². The zero-order valence-electron chi connectivity index (χ0n) is 10.2. The first-order valence-corrected chi connectivity index (χ1v) is 6.48. The van der Waals surface area contributed by atoms with Gasteiger partial charge in [-0.05, 0) is 6.42 Å². The number of nitrogens with zero attached hydrogens (tertiary/aromatic N) is 5. The molecule has 1 atom stereocenters. The smallest absolute Gasteiger partial charge is 0.242 e. The highest BCUT2D eigenvalue weighted by molar-refractivity contribution is 7.99. The number of aromatic nitrogens is 5. The van der Waals surface area contributed by atoms with Crippen molar-refractivity contribution >= 4 is 17.7 Å². The second-order valence-electron chi connectivity index (χ2n) is 3.69. The fourth-order valence-corrected chi connectivity index (χ4v) is 2.02. The lowest BCUT2D eigenvalue weighted by Crippen LogP contribution is -2.14. The van der Waals surface area contributed by atoms with E-state index in [1.165, 1.54) is 0 Å². The molecule has 1 unspecified atom stereocenters. The summed E-state index contributed by atoms with van der Waals surface area (Å²) in [6.07, 6.45) is 6.11. The Morgan fingerprint density at radius 1 is 1.44 bits per heavy atom. The van der Waals surface area contributed by atoms with Gasteiger partial charge in [0.15, 0.2) is 5.16 Å². The molecule has 18 heavy (non-hydrogen) atoms. The number of anilines is 1. The summed E-state index contributed by atoms with van der Waals surface area (Å²) in [6.45, 7) is 4.25. The third kappa shape index (κ3) is 2.96. The third-order valence-electron chi connectivity index (χ3n) is 2.35. The highest BCUT2D eigenvalue weighted by Gasteiger charge is 2.10. The molecule has 0 aliphatic rings. The van der Waals surface area contributed by atoms with Crippen LogP contribution >= 0.6 is 11.8 Å². The van der Waals surface area contributed by atoms with Gasteiger partial charge in [0.1, 0.15) is 6.33 Å². The molecule has 0 bridgehead atoms. The predicted octanol–water partition coefficient (Wildman–Crippen LogP) is 1.23. The molecular formula is C10H15N7S. The molecule has 0 spiro atoms. The first-order chi connectivity index (χ1) is 8.72. The largest absolute Gasteiger partial charge is 0.292 e. The van der Waals surface area contributed by atoms with E-state index in [4.69, 9.17) is 5.84 Å². The standard InChI is InChI=1S/C10H15N7S/c1-3-7(2)18-10-14-8(16-11)13-9(15-10)17-5-4-12-6-17/h4-7H,3,11H2,1-2H3,(H,13,14,15,16). The molecule has 0 aliphatic heterocycles. The van der Waals surface area contributed by atoms with E-state index in [-0.39, 0.29) is 0 Å². The van der Waals surface area contributed by atoms with Gasteiger partial charge in [-0.3, -0.25) is 9.99 Å². The van der Waals surface area contributed by atoms with E-state index >= 15 is 0 Å². The number of nitrogens with one attached hydrogen (secondary N) is 1. The molecule has 0 saturated heterocycles. The van der Waals surface area contributed by atoms with Crippen molar-refractivity contribution < 1.29 is 0 Å². The van der Waals surface area contributed by atoms with Crippen molar-refractivity contribution in [3.8, 4) is 5.95 Å². The van der Waals surface area contributed by atoms with Crippen molar-refractivity contribution in [1.82, 2.24) is 24.5 Å². The Kier molecular flexibility index (Phi) is 4.11. The van der Waals surface area contributed by atoms with Crippen molar-refractivity contribution in [3.05, 3.63) is 18.7 Å². The van der Waals surface area contributed by atoms with E-state index in [0.29, 0.717) is 22.3 Å². The van der Waals surface area contributed by atoms with Gasteiger partial charge >= 0.3 is 0 Å². The predicted molar refractivity (Wildman–Crippen MR) is 70.4 cm³/mol. The molecule has 2 rings (SSSR count). The Labute approximate surface area is 109 Å². The van der Waals surface area contributed by atoms with E-state index in [2.05, 4.69) is 39.2 Å². The monoisotopic (exact) mass is 265 g/mol. The van der Waals surface area contributed by atoms with E-state index in [1.54, 1.807) is 35.0 Å². The van der Waals surface area contributed by atoms with Crippen LogP contribution in [0.4, 0.5) is 5.95 Å². The molecule has 0 amide bonds. The summed E-state index contributed by atoms with van der Waals surface area (Å²) in [5.74, 6) is 6.22. The Hall–Kier alpha value is -1.67. The Morgan fingerprint density at radius 2 is 2.28 bits per heavy atom. The summed E-state index contributed by atoms with van der Waals surface area (Å²) in [5.41, 5.74) is 2.45. The number of hydrazine groups is 1. The summed E-state index contributed by atoms with van der Waals surface area (Å²) in [7, 11) is 0. The minimum Gasteiger partial charge on any atom is -0.292 e. The van der Waals surface area contributed by atoms with Crippen molar-refractivity contribution in [1.29, 1.82) is 0 Å². The summed E-state index contributed by atoms with van der Waals surface area (Å²) in [4.78, 5) is 16.7. The first-order valence-electron chi connectivity index (χ1n) is 5.60. The third-order valence-corrected chi connectivity index (χ3v) is 3.48. The van der Waals surface area contributed by atoms with Gasteiger partial charge in [0.25, 0.3) is 0 Å². The maximum Gasteiger partial charge on any atom is 0.242 e. The van der Waals surface area contributed by atoms with Crippen LogP contribution in [0.25, 0.3) is 5.95 Å². The molecule has 2 heterocycles. The molecule has 0 fully saturated rings. The maximum absolute atomic E-state index is 5.37. The SMILES string of the molecule is CCC(C)Sc1nc(NN)nc(-n2ccnc2)n1. The summed E-state index contributed by atoms with van der Waals surface area (Å²) < 4.78 is 1.71. The lowest BCUT2D eigenvalue weighted by atomic mass is 10.4. The van der Waals surface area contributed by atoms with Crippen LogP contribution in [0.15, 0.2) is 23.9 Å². The Balaban J connectivity index is 2.33. The summed E-state index contributed by atoms with van der Waals surface area (Å²) in [6, 6.07) is 0. The van der Waals surface area contributed by atoms with Gasteiger partial charge in [0.2, 0.25) is 11.9 Å². The van der Waals surface area contributed by atoms with Crippen LogP contribution in [-0.2, 0) is 0 Å². The van der Waals surface area contributed by atoms with Gasteiger partial charge in [0, 0.05) is 17.6 Å². The highest BCUT2D eigenvalue weighted by Crippen LogP contribution is 2.22. The molecule has 8 heteroatoms. The number of hydrogen-bond donors (Lipinski definition) is 2. The average Bonchev–Trinajstić information content (AvgIpc) is 2.92. The van der Waals surface area contributed by atoms with Gasteiger partial charge in [-0.2, -0.15) is 15.0 Å². The van der Waals surface area contributed by atoms with Crippen LogP contribution in [0, 0.1) is 0 Å². The second-order valence-corrected chi connectivity index (χ2v) is 5.10. The quantitative estimate of drug-likeness (QED) is 0.477. The van der Waals surface area contributed by atoms with Crippen molar-refractivity contribution in [3.63, 3.8) is 0 Å². The minimum atomic E-state index is 0.347. The van der Waals surface area contributed by atoms with Crippen LogP contribution in [0.2, 0.25) is 0 Å². The molecule has 0 saturated carbocycles. The van der Waals surface area contributed by atoms with Crippen molar-refractivity contribution in [2.45, 2.75) is 30.7 Å². The maximum atomic E-state index is 5.37. The Morgan fingerprint density at radius 3 is 2.89 bits per heavy atom. The number of imidazole rings is 1. The van der Waals surface area contributed by atoms with E-state index < -0.39 is 0 Å². The van der Waals surface area contributed by atoms with Gasteiger partial charge in [0.05, 0.1) is 0 Å². The first kappa shape index (κ1) is 12.8. The van der Waals surface area contributed by atoms with E-state index in [0.717, 1.165) is 6.42 Å². The number of rotatable bonds is 5. The normalized spacial score (nSPS) is 12.4. The molecule has 96 valence electrons. The molecule has 0 aromatic carbocycles. The molecule has 2 aromatic heterocycles. The highest BCUT2D eigenvalue weighted by atomic mass is 32.2. The minimum absolute atomic E-state index is 0.347. The van der Waals surface area contributed by atoms with Gasteiger partial charge in [-0.25, -0.2) is 10.8 Å². The lowest BCUT2D eigenvalue weighted by molar-refractivity contribution is 0.815. The fourth-order valence-electron chi connectivity index (χ4n) is 1.22. The molecular weight excluding hydrogens is 250 g/mol. The molecule has 2 aromatic rings.